The Hall–Kier alpha value is -0.130. The Labute approximate surface area is 74.7 Å². The predicted molar refractivity (Wildman–Crippen MR) is 48.5 cm³/mol. The maximum Gasteiger partial charge on any atom is 0.114 e. The second-order valence-electron chi connectivity index (χ2n) is 5.59. The van der Waals surface area contributed by atoms with Gasteiger partial charge in [-0.3, -0.25) is 0 Å². The first-order valence-electron chi connectivity index (χ1n) is 5.77. The van der Waals surface area contributed by atoms with E-state index in [9.17, 15) is 0 Å². The molecule has 4 fully saturated rings. The van der Waals surface area contributed by atoms with E-state index in [0.717, 1.165) is 23.2 Å². The van der Waals surface area contributed by atoms with Crippen molar-refractivity contribution < 1.29 is 0 Å². The Kier molecular flexibility index (Phi) is 0.905. The molecule has 0 aromatic carbocycles. The van der Waals surface area contributed by atoms with Crippen molar-refractivity contribution >= 4 is 0 Å². The first-order chi connectivity index (χ1) is 5.90. The number of hydrogen-bond acceptors (Lipinski definition) is 0. The van der Waals surface area contributed by atoms with Gasteiger partial charge in [-0.05, 0) is 44.9 Å². The summed E-state index contributed by atoms with van der Waals surface area (Å²) in [6.07, 6.45) is 11.0. The van der Waals surface area contributed by atoms with Crippen LogP contribution in [0, 0.1) is 29.1 Å². The third kappa shape index (κ3) is 0.571. The average Bonchev–Trinajstić information content (AvgIpc) is 2.96. The van der Waals surface area contributed by atoms with Gasteiger partial charge in [-0.2, -0.15) is 0 Å². The summed E-state index contributed by atoms with van der Waals surface area (Å²) in [5.74, 6) is 5.50. The Bertz CT molecular complexity index is 222. The zero-order valence-corrected chi connectivity index (χ0v) is 7.68. The normalized spacial score (nSPS) is 47.5. The average molecular weight is 161 g/mol. The number of fused-ring (bicyclic) bond motifs is 3. The molecule has 4 aliphatic carbocycles. The van der Waals surface area contributed by atoms with E-state index in [1.54, 1.807) is 44.9 Å². The molecular weight excluding hydrogens is 144 g/mol. The molecule has 4 aliphatic rings. The Morgan fingerprint density at radius 2 is 1.67 bits per heavy atom. The predicted octanol–water partition coefficient (Wildman–Crippen LogP) is 3.18. The van der Waals surface area contributed by atoms with Crippen LogP contribution in [0.15, 0.2) is 0 Å². The fourth-order valence-corrected chi connectivity index (χ4v) is 4.37. The topological polar surface area (TPSA) is 0 Å². The van der Waals surface area contributed by atoms with Crippen LogP contribution in [-0.4, -0.2) is 0 Å². The van der Waals surface area contributed by atoms with Crippen molar-refractivity contribution in [3.05, 3.63) is 5.92 Å². The monoisotopic (exact) mass is 161 g/mol. The molecule has 64 valence electrons. The third-order valence-corrected chi connectivity index (χ3v) is 5.03. The molecule has 0 N–H and O–H groups in total. The van der Waals surface area contributed by atoms with Crippen LogP contribution in [0.3, 0.4) is 0 Å². The zero-order valence-electron chi connectivity index (χ0n) is 7.68. The first kappa shape index (κ1) is 6.34. The highest BCUT2D eigenvalue weighted by Crippen LogP contribution is 2.76. The minimum Gasteiger partial charge on any atom is -0.0413 e. The SMILES string of the molecule is C1CC1[C+]1[C@@H]2CC[C@@H](C2)C12CC2. The molecule has 0 aromatic rings. The van der Waals surface area contributed by atoms with E-state index in [2.05, 4.69) is 5.92 Å². The van der Waals surface area contributed by atoms with Gasteiger partial charge in [0.2, 0.25) is 0 Å². The molecule has 4 rings (SSSR count). The van der Waals surface area contributed by atoms with Gasteiger partial charge in [0.15, 0.2) is 0 Å². The Morgan fingerprint density at radius 1 is 0.917 bits per heavy atom. The highest BCUT2D eigenvalue weighted by molar-refractivity contribution is 5.31. The Morgan fingerprint density at radius 3 is 2.33 bits per heavy atom. The third-order valence-electron chi connectivity index (χ3n) is 5.03. The molecule has 0 nitrogen and oxygen atoms in total. The lowest BCUT2D eigenvalue weighted by atomic mass is 9.74. The summed E-state index contributed by atoms with van der Waals surface area (Å²) in [5.41, 5.74) is 0.879. The molecule has 0 amide bonds. The highest BCUT2D eigenvalue weighted by Gasteiger charge is 2.76. The summed E-state index contributed by atoms with van der Waals surface area (Å²) < 4.78 is 0. The smallest absolute Gasteiger partial charge is 0.0413 e. The van der Waals surface area contributed by atoms with Crippen molar-refractivity contribution in [1.29, 1.82) is 0 Å². The van der Waals surface area contributed by atoms with Gasteiger partial charge in [-0.1, -0.05) is 0 Å². The summed E-state index contributed by atoms with van der Waals surface area (Å²) >= 11 is 0. The van der Waals surface area contributed by atoms with Crippen LogP contribution in [0.1, 0.15) is 44.9 Å². The zero-order chi connectivity index (χ0) is 7.76. The van der Waals surface area contributed by atoms with Gasteiger partial charge >= 0.3 is 0 Å². The molecule has 2 atom stereocenters. The van der Waals surface area contributed by atoms with E-state index in [4.69, 9.17) is 0 Å². The van der Waals surface area contributed by atoms with E-state index >= 15 is 0 Å². The van der Waals surface area contributed by atoms with Crippen LogP contribution in [0.2, 0.25) is 0 Å². The van der Waals surface area contributed by atoms with Crippen LogP contribution >= 0.6 is 0 Å². The van der Waals surface area contributed by atoms with Gasteiger partial charge in [0.1, 0.15) is 23.2 Å². The quantitative estimate of drug-likeness (QED) is 0.518. The van der Waals surface area contributed by atoms with E-state index in [1.807, 2.05) is 0 Å². The lowest BCUT2D eigenvalue weighted by Crippen LogP contribution is -2.23. The van der Waals surface area contributed by atoms with Gasteiger partial charge in [0.25, 0.3) is 0 Å². The summed E-state index contributed by atoms with van der Waals surface area (Å²) in [7, 11) is 0. The van der Waals surface area contributed by atoms with Gasteiger partial charge in [0.05, 0.1) is 0 Å². The first-order valence-corrected chi connectivity index (χ1v) is 5.77. The summed E-state index contributed by atoms with van der Waals surface area (Å²) in [6.45, 7) is 0. The molecule has 0 heterocycles. The molecule has 1 spiro atoms. The van der Waals surface area contributed by atoms with E-state index < -0.39 is 0 Å². The molecule has 0 saturated heterocycles. The van der Waals surface area contributed by atoms with Gasteiger partial charge in [-0.25, -0.2) is 0 Å². The van der Waals surface area contributed by atoms with E-state index in [-0.39, 0.29) is 0 Å². The van der Waals surface area contributed by atoms with Crippen molar-refractivity contribution in [2.45, 2.75) is 44.9 Å². The largest absolute Gasteiger partial charge is 0.114 e. The fourth-order valence-electron chi connectivity index (χ4n) is 4.37. The van der Waals surface area contributed by atoms with Crippen molar-refractivity contribution in [2.24, 2.45) is 23.2 Å². The lowest BCUT2D eigenvalue weighted by molar-refractivity contribution is 0.319. The highest BCUT2D eigenvalue weighted by atomic mass is 14.7. The molecule has 0 aromatic heterocycles. The summed E-state index contributed by atoms with van der Waals surface area (Å²) in [5, 5.41) is 0. The van der Waals surface area contributed by atoms with Gasteiger partial charge in [-0.15, -0.1) is 0 Å². The van der Waals surface area contributed by atoms with Crippen LogP contribution in [0.4, 0.5) is 0 Å². The van der Waals surface area contributed by atoms with E-state index in [0.29, 0.717) is 0 Å². The molecular formula is C12H17+. The molecule has 4 saturated carbocycles. The maximum absolute atomic E-state index is 2.10. The maximum atomic E-state index is 2.10. The minimum absolute atomic E-state index is 0.879. The second kappa shape index (κ2) is 1.71. The minimum atomic E-state index is 0.879. The van der Waals surface area contributed by atoms with Gasteiger partial charge < -0.3 is 0 Å². The molecule has 0 heteroatoms. The summed E-state index contributed by atoms with van der Waals surface area (Å²) in [6, 6.07) is 0. The van der Waals surface area contributed by atoms with Crippen molar-refractivity contribution in [3.8, 4) is 0 Å². The van der Waals surface area contributed by atoms with Crippen molar-refractivity contribution in [1.82, 2.24) is 0 Å². The van der Waals surface area contributed by atoms with Crippen molar-refractivity contribution in [2.75, 3.05) is 0 Å². The second-order valence-corrected chi connectivity index (χ2v) is 5.59. The molecule has 12 heavy (non-hydrogen) atoms. The Balaban J connectivity index is 1.74. The number of hydrogen-bond donors (Lipinski definition) is 0. The molecule has 0 aliphatic heterocycles. The van der Waals surface area contributed by atoms with Crippen LogP contribution < -0.4 is 0 Å². The number of rotatable bonds is 1. The van der Waals surface area contributed by atoms with Crippen LogP contribution in [0.25, 0.3) is 0 Å². The van der Waals surface area contributed by atoms with Crippen LogP contribution in [0.5, 0.6) is 0 Å². The standard InChI is InChI=1S/C12H17/c1-2-8(1)11-9-3-4-10(7-9)12(11)5-6-12/h8-10H,1-7H2/q+1/t9-,10+/m1/s1. The summed E-state index contributed by atoms with van der Waals surface area (Å²) in [4.78, 5) is 0. The van der Waals surface area contributed by atoms with E-state index in [1.165, 1.54) is 0 Å². The van der Waals surface area contributed by atoms with Crippen LogP contribution in [-0.2, 0) is 0 Å². The van der Waals surface area contributed by atoms with Gasteiger partial charge in [0, 0.05) is 5.92 Å². The lowest BCUT2D eigenvalue weighted by Gasteiger charge is -2.21. The molecule has 0 unspecified atom stereocenters. The fraction of sp³-hybridized carbons (Fsp3) is 0.917. The molecule has 0 radical (unpaired) electrons. The van der Waals surface area contributed by atoms with Crippen molar-refractivity contribution in [3.63, 3.8) is 0 Å². The molecule has 2 bridgehead atoms.